The fourth-order valence-corrected chi connectivity index (χ4v) is 6.29. The number of nitrogens with one attached hydrogen (secondary N) is 9. The zero-order chi connectivity index (χ0) is 54.4. The van der Waals surface area contributed by atoms with Crippen molar-refractivity contribution in [3.05, 3.63) is 35.9 Å². The smallest absolute Gasteiger partial charge is 0.243 e. The van der Waals surface area contributed by atoms with Crippen LogP contribution in [0.5, 0.6) is 0 Å². The van der Waals surface area contributed by atoms with Crippen LogP contribution >= 0.6 is 0 Å². The van der Waals surface area contributed by atoms with Crippen molar-refractivity contribution in [1.82, 2.24) is 47.9 Å². The molecule has 73 heavy (non-hydrogen) atoms. The zero-order valence-corrected chi connectivity index (χ0v) is 42.0. The number of rotatable bonds is 41. The highest BCUT2D eigenvalue weighted by Gasteiger charge is 2.28. The molecule has 0 fully saturated rings. The van der Waals surface area contributed by atoms with Crippen molar-refractivity contribution in [3.8, 4) is 0 Å². The lowest BCUT2D eigenvalue weighted by atomic mass is 9.99. The molecule has 0 aliphatic heterocycles. The molecule has 1 aromatic rings. The Morgan fingerprint density at radius 2 is 0.986 bits per heavy atom. The molecule has 27 heteroatoms. The fraction of sp³-hybridized carbons (Fsp3) is 0.630. The van der Waals surface area contributed by atoms with Gasteiger partial charge >= 0.3 is 0 Å². The predicted octanol–water partition coefficient (Wildman–Crippen LogP) is -5.24. The zero-order valence-electron chi connectivity index (χ0n) is 42.0. The highest BCUT2D eigenvalue weighted by Crippen LogP contribution is 2.10. The van der Waals surface area contributed by atoms with Gasteiger partial charge in [0, 0.05) is 38.3 Å². The summed E-state index contributed by atoms with van der Waals surface area (Å²) in [4.78, 5) is 137. The van der Waals surface area contributed by atoms with Gasteiger partial charge in [-0.25, -0.2) is 0 Å². The minimum absolute atomic E-state index is 0.0205. The number of amides is 11. The highest BCUT2D eigenvalue weighted by molar-refractivity contribution is 5.95. The molecule has 4 unspecified atom stereocenters. The van der Waals surface area contributed by atoms with E-state index in [1.807, 2.05) is 13.8 Å². The third-order valence-electron chi connectivity index (χ3n) is 9.91. The average molecular weight is 1040 g/mol. The molecule has 0 spiro atoms. The molecule has 0 aliphatic carbocycles. The summed E-state index contributed by atoms with van der Waals surface area (Å²) in [6.07, 6.45) is 0.187. The van der Waals surface area contributed by atoms with E-state index in [4.69, 9.17) is 36.1 Å². The first-order chi connectivity index (χ1) is 34.8. The highest BCUT2D eigenvalue weighted by atomic mass is 16.6. The monoisotopic (exact) mass is 1040 g/mol. The number of nitrogens with two attached hydrogens (primary N) is 3. The van der Waals surface area contributed by atoms with Gasteiger partial charge in [-0.3, -0.25) is 52.7 Å². The summed E-state index contributed by atoms with van der Waals surface area (Å²) in [5.41, 5.74) is 16.4. The molecule has 27 nitrogen and oxygen atoms in total. The van der Waals surface area contributed by atoms with Crippen LogP contribution in [-0.2, 0) is 78.1 Å². The molecule has 0 saturated carbocycles. The number of primary amides is 2. The largest absolute Gasteiger partial charge is 0.379 e. The summed E-state index contributed by atoms with van der Waals surface area (Å²) >= 11 is 0. The lowest BCUT2D eigenvalue weighted by molar-refractivity contribution is -0.133. The van der Waals surface area contributed by atoms with E-state index >= 15 is 0 Å². The van der Waals surface area contributed by atoms with Gasteiger partial charge in [0.2, 0.25) is 65.0 Å². The van der Waals surface area contributed by atoms with Gasteiger partial charge in [-0.1, -0.05) is 44.2 Å². The molecule has 0 saturated heterocycles. The molecule has 11 amide bonds. The third kappa shape index (κ3) is 34.2. The number of benzene rings is 1. The summed E-state index contributed by atoms with van der Waals surface area (Å²) in [7, 11) is 0. The second kappa shape index (κ2) is 38.8. The first-order valence-electron chi connectivity index (χ1n) is 23.9. The molecule has 0 aromatic heterocycles. The van der Waals surface area contributed by atoms with Crippen LogP contribution in [0.15, 0.2) is 30.3 Å². The maximum atomic E-state index is 13.7. The van der Waals surface area contributed by atoms with Gasteiger partial charge < -0.3 is 84.0 Å². The first kappa shape index (κ1) is 64.2. The van der Waals surface area contributed by atoms with E-state index in [0.29, 0.717) is 51.6 Å². The third-order valence-corrected chi connectivity index (χ3v) is 9.91. The Morgan fingerprint density at radius 1 is 0.466 bits per heavy atom. The average Bonchev–Trinajstić information content (AvgIpc) is 3.34. The summed E-state index contributed by atoms with van der Waals surface area (Å²) in [6.45, 7) is 5.55. The van der Waals surface area contributed by atoms with Crippen LogP contribution in [0.3, 0.4) is 0 Å². The molecular formula is C46H76N12O15. The Hall–Kier alpha value is -6.81. The molecule has 0 aliphatic rings. The quantitative estimate of drug-likeness (QED) is 0.0273. The molecule has 0 bridgehead atoms. The SMILES string of the molecule is CC(C)CC(CCC(=O)NCC(N)=O)NC(=O)CNC(=O)CNC(=O)CNC(=O)C(C)NC(=O)CNC(=O)C(CCC(N)=O)NC(=O)C(Cc1ccccc1)NC(=O)CCOCCOCCOCCOCCN. The summed E-state index contributed by atoms with van der Waals surface area (Å²) in [5.74, 6) is -7.52. The van der Waals surface area contributed by atoms with Crippen LogP contribution in [-0.4, -0.2) is 181 Å². The lowest BCUT2D eigenvalue weighted by Crippen LogP contribution is -2.55. The van der Waals surface area contributed by atoms with E-state index in [-0.39, 0.29) is 70.8 Å². The van der Waals surface area contributed by atoms with Gasteiger partial charge in [0.1, 0.15) is 18.1 Å². The van der Waals surface area contributed by atoms with Crippen molar-refractivity contribution in [2.45, 2.75) is 89.9 Å². The Morgan fingerprint density at radius 3 is 1.56 bits per heavy atom. The summed E-state index contributed by atoms with van der Waals surface area (Å²) < 4.78 is 21.5. The van der Waals surface area contributed by atoms with Crippen LogP contribution in [0.4, 0.5) is 0 Å². The van der Waals surface area contributed by atoms with Crippen LogP contribution in [0.1, 0.15) is 64.9 Å². The molecule has 1 aromatic carbocycles. The van der Waals surface area contributed by atoms with Crippen LogP contribution < -0.4 is 65.1 Å². The minimum Gasteiger partial charge on any atom is -0.379 e. The lowest BCUT2D eigenvalue weighted by Gasteiger charge is -2.23. The van der Waals surface area contributed by atoms with E-state index in [2.05, 4.69) is 47.9 Å². The molecule has 15 N–H and O–H groups in total. The maximum absolute atomic E-state index is 13.7. The molecule has 0 radical (unpaired) electrons. The van der Waals surface area contributed by atoms with Crippen LogP contribution in [0.25, 0.3) is 0 Å². The maximum Gasteiger partial charge on any atom is 0.243 e. The summed E-state index contributed by atoms with van der Waals surface area (Å²) in [5, 5.41) is 22.0. The van der Waals surface area contributed by atoms with E-state index in [1.165, 1.54) is 6.92 Å². The number of carbonyl (C=O) groups excluding carboxylic acids is 11. The Labute approximate surface area is 424 Å². The van der Waals surface area contributed by atoms with E-state index in [9.17, 15) is 52.7 Å². The summed E-state index contributed by atoms with van der Waals surface area (Å²) in [6, 6.07) is 4.59. The number of carbonyl (C=O) groups is 11. The predicted molar refractivity (Wildman–Crippen MR) is 262 cm³/mol. The number of hydrogen-bond acceptors (Lipinski definition) is 16. The van der Waals surface area contributed by atoms with E-state index < -0.39 is 115 Å². The van der Waals surface area contributed by atoms with E-state index in [0.717, 1.165) is 0 Å². The van der Waals surface area contributed by atoms with Gasteiger partial charge in [-0.15, -0.1) is 0 Å². The Kier molecular flexibility index (Phi) is 34.1. The second-order valence-electron chi connectivity index (χ2n) is 16.8. The minimum atomic E-state index is -1.38. The number of ether oxygens (including phenoxy) is 4. The molecule has 4 atom stereocenters. The van der Waals surface area contributed by atoms with Crippen molar-refractivity contribution < 1.29 is 71.7 Å². The van der Waals surface area contributed by atoms with Crippen molar-refractivity contribution in [1.29, 1.82) is 0 Å². The topological polar surface area (TPSA) is 411 Å². The Balaban J connectivity index is 2.61. The van der Waals surface area contributed by atoms with Gasteiger partial charge in [0.15, 0.2) is 0 Å². The number of hydrogen-bond donors (Lipinski definition) is 12. The first-order valence-corrected chi connectivity index (χ1v) is 23.9. The second-order valence-corrected chi connectivity index (χ2v) is 16.8. The van der Waals surface area contributed by atoms with Crippen LogP contribution in [0.2, 0.25) is 0 Å². The normalized spacial score (nSPS) is 12.5. The van der Waals surface area contributed by atoms with Crippen LogP contribution in [0, 0.1) is 5.92 Å². The molecule has 1 rings (SSSR count). The van der Waals surface area contributed by atoms with Crippen molar-refractivity contribution in [3.63, 3.8) is 0 Å². The van der Waals surface area contributed by atoms with Gasteiger partial charge in [-0.05, 0) is 37.7 Å². The van der Waals surface area contributed by atoms with Crippen molar-refractivity contribution in [2.75, 3.05) is 92.1 Å². The standard InChI is InChI=1S/C46H76N12O15/c1-30(2)23-33(9-12-38(61)50-25-37(49)60)56-43(66)28-52-40(63)26-51-41(64)27-53-44(67)31(3)55-42(65)29-54-45(68)34(10-11-36(48)59)58-46(69)35(24-32-7-5-4-6-8-32)57-39(62)13-15-70-17-19-72-21-22-73-20-18-71-16-14-47/h4-8,30-31,33-35H,9-29,47H2,1-3H3,(H2,48,59)(H2,49,60)(H,50,61)(H,51,64)(H,52,63)(H,53,67)(H,54,68)(H,55,65)(H,56,66)(H,57,62)(H,58,69). The van der Waals surface area contributed by atoms with Gasteiger partial charge in [-0.2, -0.15) is 0 Å². The van der Waals surface area contributed by atoms with Gasteiger partial charge in [0.25, 0.3) is 0 Å². The van der Waals surface area contributed by atoms with Crippen molar-refractivity contribution >= 4 is 65.0 Å². The Bertz CT molecular complexity index is 1910. The van der Waals surface area contributed by atoms with E-state index in [1.54, 1.807) is 30.3 Å². The molecular weight excluding hydrogens is 961 g/mol. The fourth-order valence-electron chi connectivity index (χ4n) is 6.29. The van der Waals surface area contributed by atoms with Gasteiger partial charge in [0.05, 0.1) is 85.6 Å². The molecule has 410 valence electrons. The van der Waals surface area contributed by atoms with Crippen molar-refractivity contribution in [2.24, 2.45) is 23.1 Å². The molecule has 0 heterocycles.